The minimum absolute atomic E-state index is 0.422. The molecule has 2 aromatic carbocycles. The molecule has 0 atom stereocenters. The van der Waals surface area contributed by atoms with Gasteiger partial charge in [-0.25, -0.2) is 4.98 Å². The van der Waals surface area contributed by atoms with E-state index in [-0.39, 0.29) is 0 Å². The van der Waals surface area contributed by atoms with Gasteiger partial charge in [0.1, 0.15) is 10.8 Å². The molecule has 0 unspecified atom stereocenters. The maximum absolute atomic E-state index is 5.70. The van der Waals surface area contributed by atoms with Gasteiger partial charge in [-0.1, -0.05) is 60.2 Å². The van der Waals surface area contributed by atoms with Gasteiger partial charge in [-0.15, -0.1) is 0 Å². The molecular formula is C18H17N3S. The third-order valence-electron chi connectivity index (χ3n) is 3.59. The fraction of sp³-hybridized carbons (Fsp3) is 0.111. The van der Waals surface area contributed by atoms with Crippen molar-refractivity contribution in [2.24, 2.45) is 5.73 Å². The Balaban J connectivity index is 1.91. The fourth-order valence-corrected chi connectivity index (χ4v) is 2.55. The first-order chi connectivity index (χ1) is 10.6. The first-order valence-corrected chi connectivity index (χ1v) is 7.51. The summed E-state index contributed by atoms with van der Waals surface area (Å²) in [4.78, 5) is 4.90. The number of aryl methyl sites for hydroxylation is 1. The van der Waals surface area contributed by atoms with Crippen molar-refractivity contribution in [2.45, 2.75) is 13.5 Å². The minimum atomic E-state index is 0.422. The number of hydrogen-bond donors (Lipinski definition) is 1. The Labute approximate surface area is 135 Å². The number of nitrogens with zero attached hydrogens (tertiary/aromatic N) is 2. The van der Waals surface area contributed by atoms with Gasteiger partial charge in [-0.2, -0.15) is 0 Å². The van der Waals surface area contributed by atoms with Crippen LogP contribution in [-0.2, 0) is 6.54 Å². The summed E-state index contributed by atoms with van der Waals surface area (Å²) in [6.45, 7) is 2.82. The lowest BCUT2D eigenvalue weighted by Gasteiger charge is -2.09. The molecule has 0 amide bonds. The van der Waals surface area contributed by atoms with Crippen LogP contribution in [0.5, 0.6) is 0 Å². The predicted octanol–water partition coefficient (Wildman–Crippen LogP) is 3.54. The van der Waals surface area contributed by atoms with E-state index in [0.717, 1.165) is 29.1 Å². The molecule has 22 heavy (non-hydrogen) atoms. The number of benzene rings is 2. The molecule has 0 saturated heterocycles. The molecule has 3 aromatic rings. The maximum Gasteiger partial charge on any atom is 0.140 e. The number of nitrogens with two attached hydrogens (primary N) is 1. The van der Waals surface area contributed by atoms with Crippen LogP contribution in [0.3, 0.4) is 0 Å². The number of hydrogen-bond acceptors (Lipinski definition) is 2. The smallest absolute Gasteiger partial charge is 0.140 e. The Morgan fingerprint density at radius 3 is 2.68 bits per heavy atom. The molecule has 110 valence electrons. The van der Waals surface area contributed by atoms with Gasteiger partial charge in [0, 0.05) is 30.1 Å². The Hall–Kier alpha value is -2.46. The summed E-state index contributed by atoms with van der Waals surface area (Å²) in [6, 6.07) is 16.4. The molecule has 4 heteroatoms. The molecule has 1 aromatic heterocycles. The van der Waals surface area contributed by atoms with Gasteiger partial charge in [0.25, 0.3) is 0 Å². The van der Waals surface area contributed by atoms with Crippen LogP contribution in [0.2, 0.25) is 0 Å². The average molecular weight is 307 g/mol. The first-order valence-electron chi connectivity index (χ1n) is 7.10. The van der Waals surface area contributed by atoms with Crippen LogP contribution in [0.15, 0.2) is 60.9 Å². The highest BCUT2D eigenvalue weighted by Gasteiger charge is 2.07. The minimum Gasteiger partial charge on any atom is -0.389 e. The monoisotopic (exact) mass is 307 g/mol. The van der Waals surface area contributed by atoms with Crippen molar-refractivity contribution < 1.29 is 0 Å². The Bertz CT molecular complexity index is 803. The quantitative estimate of drug-likeness (QED) is 0.750. The zero-order valence-corrected chi connectivity index (χ0v) is 13.2. The molecule has 0 aliphatic rings. The summed E-state index contributed by atoms with van der Waals surface area (Å²) in [6.07, 6.45) is 3.81. The van der Waals surface area contributed by atoms with E-state index in [9.17, 15) is 0 Å². The van der Waals surface area contributed by atoms with Crippen LogP contribution >= 0.6 is 12.2 Å². The van der Waals surface area contributed by atoms with Crippen molar-refractivity contribution in [1.29, 1.82) is 0 Å². The molecule has 3 rings (SSSR count). The Morgan fingerprint density at radius 1 is 1.18 bits per heavy atom. The first kappa shape index (κ1) is 14.5. The molecule has 0 aliphatic heterocycles. The predicted molar refractivity (Wildman–Crippen MR) is 93.8 cm³/mol. The second-order valence-electron chi connectivity index (χ2n) is 5.31. The van der Waals surface area contributed by atoms with Gasteiger partial charge in [0.15, 0.2) is 0 Å². The van der Waals surface area contributed by atoms with Gasteiger partial charge in [0.2, 0.25) is 0 Å². The van der Waals surface area contributed by atoms with Crippen LogP contribution < -0.4 is 5.73 Å². The zero-order chi connectivity index (χ0) is 15.5. The molecule has 0 radical (unpaired) electrons. The summed E-state index contributed by atoms with van der Waals surface area (Å²) >= 11 is 5.04. The van der Waals surface area contributed by atoms with Crippen molar-refractivity contribution in [3.63, 3.8) is 0 Å². The number of rotatable bonds is 4. The standard InChI is InChI=1S/C18H17N3S/c1-13-5-7-15(8-6-13)18-20-9-10-21(18)12-14-3-2-4-16(11-14)17(19)22/h2-11H,12H2,1H3,(H2,19,22). The summed E-state index contributed by atoms with van der Waals surface area (Å²) in [5.41, 5.74) is 10.1. The van der Waals surface area contributed by atoms with Gasteiger partial charge >= 0.3 is 0 Å². The molecule has 3 nitrogen and oxygen atoms in total. The van der Waals surface area contributed by atoms with Crippen molar-refractivity contribution in [1.82, 2.24) is 9.55 Å². The normalized spacial score (nSPS) is 10.6. The van der Waals surface area contributed by atoms with Crippen LogP contribution in [0.4, 0.5) is 0 Å². The molecule has 0 bridgehead atoms. The van der Waals surface area contributed by atoms with E-state index in [1.807, 2.05) is 30.6 Å². The van der Waals surface area contributed by atoms with Crippen LogP contribution in [-0.4, -0.2) is 14.5 Å². The molecular weight excluding hydrogens is 290 g/mol. The average Bonchev–Trinajstić information content (AvgIpc) is 2.96. The summed E-state index contributed by atoms with van der Waals surface area (Å²) < 4.78 is 2.13. The third kappa shape index (κ3) is 3.07. The van der Waals surface area contributed by atoms with E-state index >= 15 is 0 Å². The second-order valence-corrected chi connectivity index (χ2v) is 5.75. The van der Waals surface area contributed by atoms with E-state index in [4.69, 9.17) is 18.0 Å². The molecule has 2 N–H and O–H groups in total. The lowest BCUT2D eigenvalue weighted by molar-refractivity contribution is 0.807. The Kier molecular flexibility index (Phi) is 4.02. The molecule has 0 spiro atoms. The van der Waals surface area contributed by atoms with Crippen LogP contribution in [0, 0.1) is 6.92 Å². The highest BCUT2D eigenvalue weighted by atomic mass is 32.1. The van der Waals surface area contributed by atoms with E-state index in [1.165, 1.54) is 5.56 Å². The summed E-state index contributed by atoms with van der Waals surface area (Å²) in [5, 5.41) is 0. The third-order valence-corrected chi connectivity index (χ3v) is 3.83. The zero-order valence-electron chi connectivity index (χ0n) is 12.4. The van der Waals surface area contributed by atoms with E-state index in [1.54, 1.807) is 0 Å². The highest BCUT2D eigenvalue weighted by Crippen LogP contribution is 2.19. The Morgan fingerprint density at radius 2 is 1.95 bits per heavy atom. The van der Waals surface area contributed by atoms with Crippen molar-refractivity contribution in [3.05, 3.63) is 77.6 Å². The number of aromatic nitrogens is 2. The second kappa shape index (κ2) is 6.12. The SMILES string of the molecule is Cc1ccc(-c2nccn2Cc2cccc(C(N)=S)c2)cc1. The van der Waals surface area contributed by atoms with E-state index in [0.29, 0.717) is 4.99 Å². The lowest BCUT2D eigenvalue weighted by atomic mass is 10.1. The van der Waals surface area contributed by atoms with Gasteiger partial charge in [0.05, 0.1) is 0 Å². The van der Waals surface area contributed by atoms with E-state index in [2.05, 4.69) is 46.8 Å². The maximum atomic E-state index is 5.70. The molecule has 0 saturated carbocycles. The fourth-order valence-electron chi connectivity index (χ4n) is 2.42. The number of thiocarbonyl (C=S) groups is 1. The topological polar surface area (TPSA) is 43.8 Å². The molecule has 0 aliphatic carbocycles. The van der Waals surface area contributed by atoms with Gasteiger partial charge < -0.3 is 10.3 Å². The van der Waals surface area contributed by atoms with Crippen molar-refractivity contribution in [2.75, 3.05) is 0 Å². The summed E-state index contributed by atoms with van der Waals surface area (Å²) in [7, 11) is 0. The van der Waals surface area contributed by atoms with Crippen molar-refractivity contribution in [3.8, 4) is 11.4 Å². The lowest BCUT2D eigenvalue weighted by Crippen LogP contribution is -2.10. The van der Waals surface area contributed by atoms with Gasteiger partial charge in [-0.3, -0.25) is 0 Å². The van der Waals surface area contributed by atoms with Gasteiger partial charge in [-0.05, 0) is 18.6 Å². The molecule has 0 fully saturated rings. The highest BCUT2D eigenvalue weighted by molar-refractivity contribution is 7.80. The van der Waals surface area contributed by atoms with Crippen molar-refractivity contribution >= 4 is 17.2 Å². The van der Waals surface area contributed by atoms with Crippen LogP contribution in [0.1, 0.15) is 16.7 Å². The summed E-state index contributed by atoms with van der Waals surface area (Å²) in [5.74, 6) is 0.959. The largest absolute Gasteiger partial charge is 0.389 e. The number of imidazole rings is 1. The van der Waals surface area contributed by atoms with Crippen LogP contribution in [0.25, 0.3) is 11.4 Å². The molecule has 1 heterocycles. The van der Waals surface area contributed by atoms with E-state index < -0.39 is 0 Å².